The molecule has 1 saturated carbocycles. The highest BCUT2D eigenvalue weighted by atomic mass is 16.3. The van der Waals surface area contributed by atoms with E-state index >= 15 is 0 Å². The molecule has 2 aromatic carbocycles. The lowest BCUT2D eigenvalue weighted by Gasteiger charge is -2.26. The van der Waals surface area contributed by atoms with Gasteiger partial charge in [0.2, 0.25) is 5.89 Å². The summed E-state index contributed by atoms with van der Waals surface area (Å²) in [6.45, 7) is 0. The Balaban J connectivity index is 1.61. The lowest BCUT2D eigenvalue weighted by molar-refractivity contribution is 0.393. The molecule has 112 valence electrons. The quantitative estimate of drug-likeness (QED) is 0.757. The Hall–Kier alpha value is -2.13. The summed E-state index contributed by atoms with van der Waals surface area (Å²) >= 11 is 0. The van der Waals surface area contributed by atoms with Gasteiger partial charge < -0.3 is 10.2 Å². The van der Waals surface area contributed by atoms with Crippen LogP contribution in [-0.2, 0) is 0 Å². The number of aromatic nitrogens is 1. The van der Waals surface area contributed by atoms with Gasteiger partial charge in [-0.05, 0) is 55.0 Å². The molecule has 0 spiro atoms. The van der Waals surface area contributed by atoms with Crippen LogP contribution < -0.4 is 5.73 Å². The third kappa shape index (κ3) is 2.53. The second-order valence-electron chi connectivity index (χ2n) is 6.23. The fourth-order valence-electron chi connectivity index (χ4n) is 3.42. The van der Waals surface area contributed by atoms with Crippen LogP contribution in [0.4, 0.5) is 0 Å². The molecule has 3 aromatic rings. The van der Waals surface area contributed by atoms with Gasteiger partial charge in [-0.25, -0.2) is 4.98 Å². The summed E-state index contributed by atoms with van der Waals surface area (Å²) in [4.78, 5) is 4.55. The SMILES string of the molecule is NC1CCCC(c2ccc(-c3nc4ccccc4o3)cc2)C1. The number of nitrogens with zero attached hydrogens (tertiary/aromatic N) is 1. The zero-order valence-corrected chi connectivity index (χ0v) is 12.5. The van der Waals surface area contributed by atoms with Crippen molar-refractivity contribution in [3.05, 3.63) is 54.1 Å². The van der Waals surface area contributed by atoms with Gasteiger partial charge in [0.1, 0.15) is 5.52 Å². The normalized spacial score (nSPS) is 22.0. The third-order valence-electron chi connectivity index (χ3n) is 4.64. The number of hydrogen-bond donors (Lipinski definition) is 1. The second-order valence-corrected chi connectivity index (χ2v) is 6.23. The van der Waals surface area contributed by atoms with E-state index in [0.717, 1.165) is 29.5 Å². The first-order valence-electron chi connectivity index (χ1n) is 8.01. The van der Waals surface area contributed by atoms with Crippen molar-refractivity contribution in [1.82, 2.24) is 4.98 Å². The van der Waals surface area contributed by atoms with E-state index in [-0.39, 0.29) is 0 Å². The lowest BCUT2D eigenvalue weighted by atomic mass is 9.81. The highest BCUT2D eigenvalue weighted by Crippen LogP contribution is 2.33. The summed E-state index contributed by atoms with van der Waals surface area (Å²) in [6, 6.07) is 16.8. The molecule has 4 rings (SSSR count). The van der Waals surface area contributed by atoms with Crippen LogP contribution in [0.25, 0.3) is 22.6 Å². The highest BCUT2D eigenvalue weighted by molar-refractivity contribution is 5.75. The molecule has 1 heterocycles. The smallest absolute Gasteiger partial charge is 0.227 e. The van der Waals surface area contributed by atoms with Gasteiger partial charge in [0.05, 0.1) is 0 Å². The Morgan fingerprint density at radius 3 is 2.59 bits per heavy atom. The molecule has 1 aliphatic rings. The molecule has 0 amide bonds. The van der Waals surface area contributed by atoms with E-state index in [2.05, 4.69) is 29.2 Å². The first-order chi connectivity index (χ1) is 10.8. The summed E-state index contributed by atoms with van der Waals surface area (Å²) in [5.74, 6) is 1.29. The molecule has 0 saturated heterocycles. The van der Waals surface area contributed by atoms with Crippen LogP contribution in [-0.4, -0.2) is 11.0 Å². The van der Waals surface area contributed by atoms with E-state index in [1.54, 1.807) is 0 Å². The number of nitrogens with two attached hydrogens (primary N) is 1. The van der Waals surface area contributed by atoms with Crippen molar-refractivity contribution < 1.29 is 4.42 Å². The fraction of sp³-hybridized carbons (Fsp3) is 0.316. The predicted molar refractivity (Wildman–Crippen MR) is 88.6 cm³/mol. The predicted octanol–water partition coefficient (Wildman–Crippen LogP) is 4.48. The molecule has 2 unspecified atom stereocenters. The van der Waals surface area contributed by atoms with Crippen molar-refractivity contribution in [2.45, 2.75) is 37.6 Å². The maximum absolute atomic E-state index is 6.10. The zero-order chi connectivity index (χ0) is 14.9. The number of rotatable bonds is 2. The monoisotopic (exact) mass is 292 g/mol. The van der Waals surface area contributed by atoms with Crippen LogP contribution in [0.1, 0.15) is 37.2 Å². The average molecular weight is 292 g/mol. The third-order valence-corrected chi connectivity index (χ3v) is 4.64. The summed E-state index contributed by atoms with van der Waals surface area (Å²) in [5.41, 5.74) is 10.2. The fourth-order valence-corrected chi connectivity index (χ4v) is 3.42. The van der Waals surface area contributed by atoms with Crippen LogP contribution in [0.15, 0.2) is 52.9 Å². The van der Waals surface area contributed by atoms with E-state index in [1.807, 2.05) is 24.3 Å². The molecule has 22 heavy (non-hydrogen) atoms. The minimum absolute atomic E-state index is 0.357. The highest BCUT2D eigenvalue weighted by Gasteiger charge is 2.20. The van der Waals surface area contributed by atoms with E-state index in [0.29, 0.717) is 17.9 Å². The van der Waals surface area contributed by atoms with Crippen molar-refractivity contribution in [2.24, 2.45) is 5.73 Å². The van der Waals surface area contributed by atoms with Gasteiger partial charge in [0.25, 0.3) is 0 Å². The minimum atomic E-state index is 0.357. The number of para-hydroxylation sites is 2. The summed E-state index contributed by atoms with van der Waals surface area (Å²) in [6.07, 6.45) is 4.74. The molecule has 3 heteroatoms. The molecule has 2 N–H and O–H groups in total. The van der Waals surface area contributed by atoms with Crippen LogP contribution in [0, 0.1) is 0 Å². The maximum atomic E-state index is 6.10. The molecule has 1 aliphatic carbocycles. The van der Waals surface area contributed by atoms with Crippen LogP contribution in [0.5, 0.6) is 0 Å². The summed E-state index contributed by atoms with van der Waals surface area (Å²) in [5, 5.41) is 0. The van der Waals surface area contributed by atoms with Crippen molar-refractivity contribution in [1.29, 1.82) is 0 Å². The zero-order valence-electron chi connectivity index (χ0n) is 12.5. The molecule has 2 atom stereocenters. The number of oxazole rings is 1. The number of hydrogen-bond acceptors (Lipinski definition) is 3. The van der Waals surface area contributed by atoms with E-state index in [1.165, 1.54) is 18.4 Å². The van der Waals surface area contributed by atoms with E-state index in [9.17, 15) is 0 Å². The molecule has 0 aliphatic heterocycles. The molecule has 3 nitrogen and oxygen atoms in total. The van der Waals surface area contributed by atoms with Gasteiger partial charge in [-0.15, -0.1) is 0 Å². The van der Waals surface area contributed by atoms with Gasteiger partial charge >= 0.3 is 0 Å². The molecular weight excluding hydrogens is 272 g/mol. The topological polar surface area (TPSA) is 52.0 Å². The Bertz CT molecular complexity index is 742. The van der Waals surface area contributed by atoms with Gasteiger partial charge in [0.15, 0.2) is 5.58 Å². The average Bonchev–Trinajstić information content (AvgIpc) is 2.99. The molecular formula is C19H20N2O. The van der Waals surface area contributed by atoms with Crippen molar-refractivity contribution >= 4 is 11.1 Å². The Morgan fingerprint density at radius 2 is 1.82 bits per heavy atom. The van der Waals surface area contributed by atoms with Crippen LogP contribution in [0.3, 0.4) is 0 Å². The summed E-state index contributed by atoms with van der Waals surface area (Å²) in [7, 11) is 0. The first-order valence-corrected chi connectivity index (χ1v) is 8.01. The Labute approximate surface area is 130 Å². The van der Waals surface area contributed by atoms with Crippen molar-refractivity contribution in [2.75, 3.05) is 0 Å². The van der Waals surface area contributed by atoms with Gasteiger partial charge in [-0.1, -0.05) is 30.7 Å². The molecule has 1 aromatic heterocycles. The van der Waals surface area contributed by atoms with Gasteiger partial charge in [-0.2, -0.15) is 0 Å². The minimum Gasteiger partial charge on any atom is -0.436 e. The second kappa shape index (κ2) is 5.58. The van der Waals surface area contributed by atoms with Crippen LogP contribution >= 0.6 is 0 Å². The summed E-state index contributed by atoms with van der Waals surface area (Å²) < 4.78 is 5.83. The largest absolute Gasteiger partial charge is 0.436 e. The van der Waals surface area contributed by atoms with E-state index in [4.69, 9.17) is 10.2 Å². The Kier molecular flexibility index (Phi) is 3.43. The van der Waals surface area contributed by atoms with Gasteiger partial charge in [0, 0.05) is 11.6 Å². The first kappa shape index (κ1) is 13.5. The number of benzene rings is 2. The standard InChI is InChI=1S/C19H20N2O/c20-16-5-3-4-15(12-16)13-8-10-14(11-9-13)19-21-17-6-1-2-7-18(17)22-19/h1-2,6-11,15-16H,3-5,12,20H2. The number of fused-ring (bicyclic) bond motifs is 1. The van der Waals surface area contributed by atoms with Crippen molar-refractivity contribution in [3.8, 4) is 11.5 Å². The molecule has 1 fully saturated rings. The molecule has 0 radical (unpaired) electrons. The molecule has 0 bridgehead atoms. The Morgan fingerprint density at radius 1 is 1.00 bits per heavy atom. The van der Waals surface area contributed by atoms with Gasteiger partial charge in [-0.3, -0.25) is 0 Å². The lowest BCUT2D eigenvalue weighted by Crippen LogP contribution is -2.26. The van der Waals surface area contributed by atoms with Crippen molar-refractivity contribution in [3.63, 3.8) is 0 Å². The van der Waals surface area contributed by atoms with E-state index < -0.39 is 0 Å². The maximum Gasteiger partial charge on any atom is 0.227 e. The van der Waals surface area contributed by atoms with Crippen LogP contribution in [0.2, 0.25) is 0 Å².